The number of imide groups is 1. The minimum atomic E-state index is -0.593. The molecule has 0 aliphatic carbocycles. The van der Waals surface area contributed by atoms with Gasteiger partial charge in [-0.2, -0.15) is 0 Å². The van der Waals surface area contributed by atoms with Crippen molar-refractivity contribution in [1.29, 1.82) is 0 Å². The Bertz CT molecular complexity index is 984. The molecule has 0 N–H and O–H groups in total. The topological polar surface area (TPSA) is 43.9 Å². The molecule has 0 unspecified atom stereocenters. The molecule has 1 aromatic carbocycles. The van der Waals surface area contributed by atoms with Crippen LogP contribution in [-0.4, -0.2) is 54.8 Å². The molecular weight excluding hydrogens is 413 g/mol. The monoisotopic (exact) mass is 433 g/mol. The Morgan fingerprint density at radius 3 is 2.52 bits per heavy atom. The maximum atomic E-state index is 13.6. The lowest BCUT2D eigenvalue weighted by Crippen LogP contribution is -2.43. The second-order valence-electron chi connectivity index (χ2n) is 7.39. The van der Waals surface area contributed by atoms with Gasteiger partial charge in [-0.25, -0.2) is 9.29 Å². The molecule has 5 nitrogen and oxygen atoms in total. The smallest absolute Gasteiger partial charge is 0.282 e. The highest BCUT2D eigenvalue weighted by Crippen LogP contribution is 2.38. The van der Waals surface area contributed by atoms with E-state index < -0.39 is 17.6 Å². The molecule has 0 atom stereocenters. The molecule has 4 rings (SSSR count). The third-order valence-electron chi connectivity index (χ3n) is 5.58. The Hall–Kier alpha value is -2.22. The van der Waals surface area contributed by atoms with E-state index in [1.54, 1.807) is 0 Å². The van der Waals surface area contributed by atoms with Crippen molar-refractivity contribution in [3.63, 3.8) is 0 Å². The van der Waals surface area contributed by atoms with Crippen LogP contribution in [0.4, 0.5) is 10.1 Å². The predicted molar refractivity (Wildman–Crippen MR) is 113 cm³/mol. The molecule has 0 saturated carbocycles. The molecule has 0 spiro atoms. The molecule has 2 aliphatic heterocycles. The summed E-state index contributed by atoms with van der Waals surface area (Å²) in [7, 11) is 3.96. The van der Waals surface area contributed by atoms with Crippen molar-refractivity contribution in [3.8, 4) is 0 Å². The van der Waals surface area contributed by atoms with Crippen LogP contribution in [0.15, 0.2) is 41.4 Å². The van der Waals surface area contributed by atoms with E-state index in [4.69, 9.17) is 11.6 Å². The molecule has 1 aromatic heterocycles. The fourth-order valence-electron chi connectivity index (χ4n) is 3.91. The molecule has 2 aromatic rings. The lowest BCUT2D eigenvalue weighted by Gasteiger charge is -2.36. The maximum absolute atomic E-state index is 13.6. The van der Waals surface area contributed by atoms with Crippen LogP contribution < -0.4 is 4.90 Å². The summed E-state index contributed by atoms with van der Waals surface area (Å²) < 4.78 is 13.6. The summed E-state index contributed by atoms with van der Waals surface area (Å²) in [5, 5.41) is 1.75. The molecule has 2 aliphatic rings. The summed E-state index contributed by atoms with van der Waals surface area (Å²) in [4.78, 5) is 32.8. The number of likely N-dealkylation sites (N-methyl/N-ethyl adjacent to an activating group) is 1. The number of piperidine rings is 1. The van der Waals surface area contributed by atoms with Crippen LogP contribution in [0.5, 0.6) is 0 Å². The van der Waals surface area contributed by atoms with E-state index in [2.05, 4.69) is 11.9 Å². The Labute approximate surface area is 178 Å². The number of rotatable bonds is 4. The van der Waals surface area contributed by atoms with Gasteiger partial charge in [0.25, 0.3) is 11.8 Å². The van der Waals surface area contributed by atoms with Crippen LogP contribution >= 0.6 is 22.9 Å². The van der Waals surface area contributed by atoms with Crippen LogP contribution in [0.3, 0.4) is 0 Å². The SMILES string of the molecule is CN1CCC(N(C)C2=C(c3cccs3)C(=O)N(c3ccc(F)c(Cl)c3)C2=O)CC1. The summed E-state index contributed by atoms with van der Waals surface area (Å²) in [6.07, 6.45) is 1.83. The number of carbonyl (C=O) groups excluding carboxylic acids is 2. The van der Waals surface area contributed by atoms with E-state index in [9.17, 15) is 14.0 Å². The summed E-state index contributed by atoms with van der Waals surface area (Å²) in [5.74, 6) is -1.40. The first-order chi connectivity index (χ1) is 13.9. The quantitative estimate of drug-likeness (QED) is 0.687. The fourth-order valence-corrected chi connectivity index (χ4v) is 4.85. The summed E-state index contributed by atoms with van der Waals surface area (Å²) >= 11 is 7.33. The number of thiophene rings is 1. The van der Waals surface area contributed by atoms with Gasteiger partial charge in [0.2, 0.25) is 0 Å². The van der Waals surface area contributed by atoms with E-state index >= 15 is 0 Å². The van der Waals surface area contributed by atoms with E-state index in [1.165, 1.54) is 29.5 Å². The van der Waals surface area contributed by atoms with Crippen molar-refractivity contribution in [2.24, 2.45) is 0 Å². The van der Waals surface area contributed by atoms with Crippen LogP contribution in [-0.2, 0) is 9.59 Å². The first-order valence-electron chi connectivity index (χ1n) is 9.42. The van der Waals surface area contributed by atoms with Crippen molar-refractivity contribution in [1.82, 2.24) is 9.80 Å². The van der Waals surface area contributed by atoms with Gasteiger partial charge < -0.3 is 9.80 Å². The molecule has 0 bridgehead atoms. The predicted octanol–water partition coefficient (Wildman–Crippen LogP) is 3.85. The van der Waals surface area contributed by atoms with Gasteiger partial charge in [0.1, 0.15) is 11.5 Å². The highest BCUT2D eigenvalue weighted by molar-refractivity contribution is 7.11. The van der Waals surface area contributed by atoms with Crippen molar-refractivity contribution in [2.75, 3.05) is 32.1 Å². The minimum absolute atomic E-state index is 0.127. The van der Waals surface area contributed by atoms with E-state index in [-0.39, 0.29) is 16.8 Å². The van der Waals surface area contributed by atoms with Crippen molar-refractivity contribution < 1.29 is 14.0 Å². The van der Waals surface area contributed by atoms with Crippen molar-refractivity contribution in [2.45, 2.75) is 18.9 Å². The van der Waals surface area contributed by atoms with Gasteiger partial charge in [-0.3, -0.25) is 9.59 Å². The van der Waals surface area contributed by atoms with E-state index in [0.29, 0.717) is 11.3 Å². The number of halogens is 2. The lowest BCUT2D eigenvalue weighted by molar-refractivity contribution is -0.120. The number of anilines is 1. The number of likely N-dealkylation sites (tertiary alicyclic amines) is 1. The molecule has 8 heteroatoms. The van der Waals surface area contributed by atoms with Gasteiger partial charge in [-0.1, -0.05) is 17.7 Å². The second-order valence-corrected chi connectivity index (χ2v) is 8.75. The zero-order chi connectivity index (χ0) is 20.7. The van der Waals surface area contributed by atoms with Gasteiger partial charge in [0.05, 0.1) is 16.3 Å². The molecule has 1 saturated heterocycles. The Morgan fingerprint density at radius 1 is 1.17 bits per heavy atom. The van der Waals surface area contributed by atoms with Gasteiger partial charge in [0, 0.05) is 18.0 Å². The number of hydrogen-bond acceptors (Lipinski definition) is 5. The highest BCUT2D eigenvalue weighted by Gasteiger charge is 2.43. The second kappa shape index (κ2) is 7.89. The average Bonchev–Trinajstić information content (AvgIpc) is 3.30. The molecule has 29 heavy (non-hydrogen) atoms. The normalized spacial score (nSPS) is 18.8. The first-order valence-corrected chi connectivity index (χ1v) is 10.7. The number of carbonyl (C=O) groups is 2. The van der Waals surface area contributed by atoms with Crippen LogP contribution in [0, 0.1) is 5.82 Å². The summed E-state index contributed by atoms with van der Waals surface area (Å²) in [6, 6.07) is 7.76. The number of amides is 2. The molecule has 3 heterocycles. The Kier molecular flexibility index (Phi) is 5.46. The highest BCUT2D eigenvalue weighted by atomic mass is 35.5. The van der Waals surface area contributed by atoms with Crippen LogP contribution in [0.25, 0.3) is 5.57 Å². The zero-order valence-corrected chi connectivity index (χ0v) is 17.8. The van der Waals surface area contributed by atoms with E-state index in [1.807, 2.05) is 29.5 Å². The molecule has 2 amide bonds. The fraction of sp³-hybridized carbons (Fsp3) is 0.333. The van der Waals surface area contributed by atoms with E-state index in [0.717, 1.165) is 35.7 Å². The molecular formula is C21H21ClFN3O2S. The zero-order valence-electron chi connectivity index (χ0n) is 16.2. The third-order valence-corrected chi connectivity index (χ3v) is 6.75. The third kappa shape index (κ3) is 3.58. The molecule has 152 valence electrons. The molecule has 0 radical (unpaired) electrons. The maximum Gasteiger partial charge on any atom is 0.282 e. The number of hydrogen-bond donors (Lipinski definition) is 0. The van der Waals surface area contributed by atoms with Crippen LogP contribution in [0.1, 0.15) is 17.7 Å². The number of benzene rings is 1. The summed E-state index contributed by atoms with van der Waals surface area (Å²) in [6.45, 7) is 1.88. The summed E-state index contributed by atoms with van der Waals surface area (Å²) in [5.41, 5.74) is 1.06. The van der Waals surface area contributed by atoms with Gasteiger partial charge in [-0.15, -0.1) is 11.3 Å². The lowest BCUT2D eigenvalue weighted by atomic mass is 10.0. The van der Waals surface area contributed by atoms with Gasteiger partial charge in [-0.05, 0) is 62.6 Å². The average molecular weight is 434 g/mol. The van der Waals surface area contributed by atoms with Crippen molar-refractivity contribution in [3.05, 3.63) is 57.1 Å². The standard InChI is InChI=1S/C21H21ClFN3O2S/c1-24-9-7-13(8-10-24)25(2)19-18(17-4-3-11-29-17)20(27)26(21(19)28)14-5-6-16(23)15(22)12-14/h3-6,11-13H,7-10H2,1-2H3. The Morgan fingerprint density at radius 2 is 1.90 bits per heavy atom. The van der Waals surface area contributed by atoms with Gasteiger partial charge >= 0.3 is 0 Å². The first kappa shape index (κ1) is 20.1. The Balaban J connectivity index is 1.75. The van der Waals surface area contributed by atoms with Crippen molar-refractivity contribution >= 4 is 46.0 Å². The minimum Gasteiger partial charge on any atom is -0.366 e. The van der Waals surface area contributed by atoms with Crippen LogP contribution in [0.2, 0.25) is 5.02 Å². The number of nitrogens with zero attached hydrogens (tertiary/aromatic N) is 3. The largest absolute Gasteiger partial charge is 0.366 e. The molecule has 1 fully saturated rings. The van der Waals surface area contributed by atoms with Gasteiger partial charge in [0.15, 0.2) is 0 Å².